The molecule has 0 spiro atoms. The van der Waals surface area contributed by atoms with Crippen LogP contribution in [0.1, 0.15) is 6.42 Å². The maximum Gasteiger partial charge on any atom is 0.226 e. The Hall–Kier alpha value is -2.83. The molecule has 0 unspecified atom stereocenters. The van der Waals surface area contributed by atoms with E-state index in [1.807, 2.05) is 0 Å². The number of rotatable bonds is 7. The highest BCUT2D eigenvalue weighted by molar-refractivity contribution is 5.90. The van der Waals surface area contributed by atoms with Crippen molar-refractivity contribution in [3.8, 4) is 11.5 Å². The highest BCUT2D eigenvalue weighted by Crippen LogP contribution is 2.29. The van der Waals surface area contributed by atoms with Gasteiger partial charge in [-0.2, -0.15) is 0 Å². The van der Waals surface area contributed by atoms with Gasteiger partial charge in [-0.3, -0.25) is 4.79 Å². The van der Waals surface area contributed by atoms with E-state index in [1.165, 1.54) is 13.2 Å². The van der Waals surface area contributed by atoms with Crippen LogP contribution in [0.3, 0.4) is 0 Å². The van der Waals surface area contributed by atoms with Crippen LogP contribution in [-0.2, 0) is 4.79 Å². The van der Waals surface area contributed by atoms with E-state index in [-0.39, 0.29) is 18.0 Å². The predicted octanol–water partition coefficient (Wildman–Crippen LogP) is 3.42. The van der Waals surface area contributed by atoms with Crippen LogP contribution in [-0.4, -0.2) is 26.7 Å². The zero-order valence-corrected chi connectivity index (χ0v) is 13.4. The first-order chi connectivity index (χ1) is 11.5. The third-order valence-electron chi connectivity index (χ3n) is 3.27. The second kappa shape index (κ2) is 8.14. The number of hydrogen-bond donors (Lipinski definition) is 2. The lowest BCUT2D eigenvalue weighted by molar-refractivity contribution is -0.115. The Morgan fingerprint density at radius 2 is 1.67 bits per heavy atom. The topological polar surface area (TPSA) is 59.6 Å². The van der Waals surface area contributed by atoms with Crippen LogP contribution in [0.5, 0.6) is 11.5 Å². The van der Waals surface area contributed by atoms with E-state index in [0.29, 0.717) is 18.0 Å². The van der Waals surface area contributed by atoms with Crippen molar-refractivity contribution in [2.24, 2.45) is 0 Å². The number of halogens is 2. The fourth-order valence-corrected chi connectivity index (χ4v) is 2.06. The Bertz CT molecular complexity index is 723. The minimum Gasteiger partial charge on any atom is -0.493 e. The van der Waals surface area contributed by atoms with Gasteiger partial charge in [0.25, 0.3) is 0 Å². The normalized spacial score (nSPS) is 10.2. The Balaban J connectivity index is 1.85. The summed E-state index contributed by atoms with van der Waals surface area (Å²) in [5.41, 5.74) is 0.985. The molecule has 0 atom stereocenters. The number of ether oxygens (including phenoxy) is 2. The number of methoxy groups -OCH3 is 2. The van der Waals surface area contributed by atoms with Crippen molar-refractivity contribution in [1.29, 1.82) is 0 Å². The fraction of sp³-hybridized carbons (Fsp3) is 0.235. The summed E-state index contributed by atoms with van der Waals surface area (Å²) >= 11 is 0. The molecule has 7 heteroatoms. The molecule has 0 heterocycles. The molecule has 5 nitrogen and oxygen atoms in total. The Labute approximate surface area is 138 Å². The Kier molecular flexibility index (Phi) is 5.95. The molecular weight excluding hydrogens is 318 g/mol. The first-order valence-corrected chi connectivity index (χ1v) is 7.24. The van der Waals surface area contributed by atoms with Crippen molar-refractivity contribution in [2.75, 3.05) is 31.4 Å². The van der Waals surface area contributed by atoms with Gasteiger partial charge in [-0.25, -0.2) is 8.78 Å². The number of nitrogens with one attached hydrogen (secondary N) is 2. The van der Waals surface area contributed by atoms with E-state index >= 15 is 0 Å². The zero-order chi connectivity index (χ0) is 17.5. The van der Waals surface area contributed by atoms with Crippen molar-refractivity contribution in [2.45, 2.75) is 6.42 Å². The molecule has 2 N–H and O–H groups in total. The van der Waals surface area contributed by atoms with Crippen LogP contribution >= 0.6 is 0 Å². The molecule has 0 bridgehead atoms. The summed E-state index contributed by atoms with van der Waals surface area (Å²) in [6.07, 6.45) is 0.160. The standard InChI is InChI=1S/C17H18F2N2O3/c1-23-15-6-4-11(10-16(15)24-2)20-8-7-17(22)21-12-3-5-13(18)14(19)9-12/h3-6,9-10,20H,7-8H2,1-2H3,(H,21,22). The lowest BCUT2D eigenvalue weighted by atomic mass is 10.2. The van der Waals surface area contributed by atoms with Crippen molar-refractivity contribution < 1.29 is 23.0 Å². The van der Waals surface area contributed by atoms with E-state index in [4.69, 9.17) is 9.47 Å². The van der Waals surface area contributed by atoms with Gasteiger partial charge in [-0.15, -0.1) is 0 Å². The van der Waals surface area contributed by atoms with Crippen molar-refractivity contribution in [1.82, 2.24) is 0 Å². The molecule has 0 radical (unpaired) electrons. The molecule has 0 fully saturated rings. The molecule has 2 rings (SSSR count). The van der Waals surface area contributed by atoms with Gasteiger partial charge in [0.2, 0.25) is 5.91 Å². The Morgan fingerprint density at radius 3 is 2.33 bits per heavy atom. The average molecular weight is 336 g/mol. The summed E-state index contributed by atoms with van der Waals surface area (Å²) in [6.45, 7) is 0.366. The SMILES string of the molecule is COc1ccc(NCCC(=O)Nc2ccc(F)c(F)c2)cc1OC. The highest BCUT2D eigenvalue weighted by Gasteiger charge is 2.07. The molecule has 0 aliphatic carbocycles. The van der Waals surface area contributed by atoms with Gasteiger partial charge in [0.15, 0.2) is 23.1 Å². The number of carbonyl (C=O) groups excluding carboxylic acids is 1. The van der Waals surface area contributed by atoms with Crippen LogP contribution in [0, 0.1) is 11.6 Å². The number of hydrogen-bond acceptors (Lipinski definition) is 4. The smallest absolute Gasteiger partial charge is 0.226 e. The van der Waals surface area contributed by atoms with Gasteiger partial charge < -0.3 is 20.1 Å². The largest absolute Gasteiger partial charge is 0.493 e. The molecule has 0 saturated heterocycles. The molecule has 2 aromatic rings. The molecular formula is C17H18F2N2O3. The van der Waals surface area contributed by atoms with Crippen LogP contribution in [0.4, 0.5) is 20.2 Å². The predicted molar refractivity (Wildman–Crippen MR) is 87.6 cm³/mol. The van der Waals surface area contributed by atoms with Crippen molar-refractivity contribution in [3.05, 3.63) is 48.0 Å². The average Bonchev–Trinajstić information content (AvgIpc) is 2.58. The Morgan fingerprint density at radius 1 is 0.958 bits per heavy atom. The quantitative estimate of drug-likeness (QED) is 0.813. The lowest BCUT2D eigenvalue weighted by Crippen LogP contribution is -2.16. The molecule has 0 aromatic heterocycles. The van der Waals surface area contributed by atoms with E-state index in [1.54, 1.807) is 25.3 Å². The van der Waals surface area contributed by atoms with Gasteiger partial charge in [0, 0.05) is 36.5 Å². The number of carbonyl (C=O) groups is 1. The van der Waals surface area contributed by atoms with Gasteiger partial charge >= 0.3 is 0 Å². The van der Waals surface area contributed by atoms with Crippen molar-refractivity contribution >= 4 is 17.3 Å². The monoisotopic (exact) mass is 336 g/mol. The number of amides is 1. The van der Waals surface area contributed by atoms with Crippen LogP contribution in [0.15, 0.2) is 36.4 Å². The van der Waals surface area contributed by atoms with Crippen LogP contribution in [0.2, 0.25) is 0 Å². The zero-order valence-electron chi connectivity index (χ0n) is 13.4. The second-order valence-electron chi connectivity index (χ2n) is 4.92. The molecule has 1 amide bonds. The number of anilines is 2. The summed E-state index contributed by atoms with van der Waals surface area (Å²) in [5.74, 6) is -1.08. The van der Waals surface area contributed by atoms with Crippen molar-refractivity contribution in [3.63, 3.8) is 0 Å². The van der Waals surface area contributed by atoms with Gasteiger partial charge in [-0.1, -0.05) is 0 Å². The summed E-state index contributed by atoms with van der Waals surface area (Å²) in [4.78, 5) is 11.8. The van der Waals surface area contributed by atoms with Gasteiger partial charge in [0.05, 0.1) is 14.2 Å². The van der Waals surface area contributed by atoms with Crippen LogP contribution in [0.25, 0.3) is 0 Å². The molecule has 0 aliphatic heterocycles. The van der Waals surface area contributed by atoms with Gasteiger partial charge in [0.1, 0.15) is 0 Å². The van der Waals surface area contributed by atoms with E-state index in [0.717, 1.165) is 17.8 Å². The van der Waals surface area contributed by atoms with E-state index in [9.17, 15) is 13.6 Å². The maximum absolute atomic E-state index is 13.1. The lowest BCUT2D eigenvalue weighted by Gasteiger charge is -2.11. The minimum atomic E-state index is -1.00. The molecule has 24 heavy (non-hydrogen) atoms. The fourth-order valence-electron chi connectivity index (χ4n) is 2.06. The van der Waals surface area contributed by atoms with Gasteiger partial charge in [-0.05, 0) is 24.3 Å². The number of benzene rings is 2. The van der Waals surface area contributed by atoms with E-state index < -0.39 is 11.6 Å². The second-order valence-corrected chi connectivity index (χ2v) is 4.92. The summed E-state index contributed by atoms with van der Waals surface area (Å²) in [5, 5.41) is 5.58. The summed E-state index contributed by atoms with van der Waals surface area (Å²) in [7, 11) is 3.09. The summed E-state index contributed by atoms with van der Waals surface area (Å²) < 4.78 is 36.2. The maximum atomic E-state index is 13.1. The molecule has 2 aromatic carbocycles. The van der Waals surface area contributed by atoms with Crippen LogP contribution < -0.4 is 20.1 Å². The first-order valence-electron chi connectivity index (χ1n) is 7.24. The molecule has 128 valence electrons. The first kappa shape index (κ1) is 17.5. The third-order valence-corrected chi connectivity index (χ3v) is 3.27. The van der Waals surface area contributed by atoms with E-state index in [2.05, 4.69) is 10.6 Å². The minimum absolute atomic E-state index is 0.160. The summed E-state index contributed by atoms with van der Waals surface area (Å²) in [6, 6.07) is 8.52. The third kappa shape index (κ3) is 4.58. The molecule has 0 saturated carbocycles. The molecule has 0 aliphatic rings. The highest BCUT2D eigenvalue weighted by atomic mass is 19.2.